The monoisotopic (exact) mass is 620 g/mol. The van der Waals surface area contributed by atoms with Crippen molar-refractivity contribution in [1.82, 2.24) is 15.3 Å². The molecule has 236 valence electrons. The molecule has 0 aliphatic heterocycles. The third kappa shape index (κ3) is 8.62. The molecule has 1 saturated carbocycles. The van der Waals surface area contributed by atoms with Crippen LogP contribution in [0.3, 0.4) is 0 Å². The van der Waals surface area contributed by atoms with Crippen LogP contribution in [0.5, 0.6) is 5.75 Å². The van der Waals surface area contributed by atoms with Crippen LogP contribution in [-0.4, -0.2) is 54.8 Å². The summed E-state index contributed by atoms with van der Waals surface area (Å²) in [6, 6.07) is 19.8. The Morgan fingerprint density at radius 2 is 1.60 bits per heavy atom. The third-order valence-electron chi connectivity index (χ3n) is 7.73. The fourth-order valence-corrected chi connectivity index (χ4v) is 5.49. The van der Waals surface area contributed by atoms with Gasteiger partial charge in [0.05, 0.1) is 11.9 Å². The molecule has 1 fully saturated rings. The second-order valence-corrected chi connectivity index (χ2v) is 11.3. The number of carbonyl (C=O) groups is 2. The molecule has 3 aromatic carbocycles. The van der Waals surface area contributed by atoms with E-state index in [9.17, 15) is 22.8 Å². The Labute approximate surface area is 259 Å². The van der Waals surface area contributed by atoms with Crippen LogP contribution in [0.2, 0.25) is 0 Å². The maximum absolute atomic E-state index is 12.9. The van der Waals surface area contributed by atoms with Crippen LogP contribution in [0.1, 0.15) is 41.6 Å². The highest BCUT2D eigenvalue weighted by atomic mass is 19.4. The predicted molar refractivity (Wildman–Crippen MR) is 167 cm³/mol. The molecule has 1 aliphatic carbocycles. The van der Waals surface area contributed by atoms with Crippen molar-refractivity contribution >= 4 is 40.2 Å². The number of aromatic nitrogens is 2. The van der Waals surface area contributed by atoms with Gasteiger partial charge >= 0.3 is 6.36 Å². The lowest BCUT2D eigenvalue weighted by molar-refractivity contribution is -0.274. The maximum atomic E-state index is 12.9. The summed E-state index contributed by atoms with van der Waals surface area (Å²) in [5, 5.41) is 10.2. The summed E-state index contributed by atoms with van der Waals surface area (Å²) in [5.74, 6) is 0.771. The van der Waals surface area contributed by atoms with Crippen LogP contribution in [0, 0.1) is 5.92 Å². The van der Waals surface area contributed by atoms with Gasteiger partial charge in [0.25, 0.3) is 5.91 Å². The fraction of sp³-hybridized carbons (Fsp3) is 0.333. The summed E-state index contributed by atoms with van der Waals surface area (Å²) in [4.78, 5) is 37.2. The zero-order chi connectivity index (χ0) is 32.0. The lowest BCUT2D eigenvalue weighted by atomic mass is 9.86. The normalized spacial score (nSPS) is 16.6. The minimum atomic E-state index is -4.80. The number of alkyl halides is 3. The largest absolute Gasteiger partial charge is 0.573 e. The first-order valence-electron chi connectivity index (χ1n) is 14.8. The summed E-state index contributed by atoms with van der Waals surface area (Å²) < 4.78 is 41.1. The third-order valence-corrected chi connectivity index (χ3v) is 7.73. The summed E-state index contributed by atoms with van der Waals surface area (Å²) in [6.45, 7) is 0.545. The molecule has 0 bridgehead atoms. The summed E-state index contributed by atoms with van der Waals surface area (Å²) in [5.41, 5.74) is 2.04. The van der Waals surface area contributed by atoms with Crippen molar-refractivity contribution in [2.75, 3.05) is 36.2 Å². The van der Waals surface area contributed by atoms with Crippen LogP contribution in [0.25, 0.3) is 10.9 Å². The Morgan fingerprint density at radius 1 is 0.911 bits per heavy atom. The first-order valence-corrected chi connectivity index (χ1v) is 14.8. The molecular weight excluding hydrogens is 585 g/mol. The second kappa shape index (κ2) is 13.8. The zero-order valence-corrected chi connectivity index (χ0v) is 25.0. The highest BCUT2D eigenvalue weighted by molar-refractivity contribution is 6.06. The fourth-order valence-electron chi connectivity index (χ4n) is 5.49. The molecule has 12 heteroatoms. The molecule has 0 radical (unpaired) electrons. The highest BCUT2D eigenvalue weighted by Gasteiger charge is 2.31. The number of ether oxygens (including phenoxy) is 1. The molecule has 1 aliphatic rings. The second-order valence-electron chi connectivity index (χ2n) is 11.3. The smallest absolute Gasteiger partial charge is 0.406 e. The minimum Gasteiger partial charge on any atom is -0.406 e. The van der Waals surface area contributed by atoms with Gasteiger partial charge in [-0.05, 0) is 79.6 Å². The van der Waals surface area contributed by atoms with Crippen LogP contribution < -0.4 is 25.6 Å². The summed E-state index contributed by atoms with van der Waals surface area (Å²) in [6.07, 6.45) is -1.03. The van der Waals surface area contributed by atoms with E-state index in [1.54, 1.807) is 24.3 Å². The zero-order valence-electron chi connectivity index (χ0n) is 25.0. The Kier molecular flexibility index (Phi) is 9.70. The number of halogens is 3. The van der Waals surface area contributed by atoms with E-state index in [4.69, 9.17) is 9.97 Å². The van der Waals surface area contributed by atoms with Gasteiger partial charge in [-0.15, -0.1) is 13.2 Å². The maximum Gasteiger partial charge on any atom is 0.573 e. The number of para-hydroxylation sites is 1. The average Bonchev–Trinajstić information content (AvgIpc) is 3.01. The van der Waals surface area contributed by atoms with Gasteiger partial charge in [0.1, 0.15) is 11.6 Å². The molecule has 45 heavy (non-hydrogen) atoms. The molecule has 2 amide bonds. The van der Waals surface area contributed by atoms with E-state index in [1.807, 2.05) is 43.3 Å². The number of nitrogens with one attached hydrogen (secondary N) is 3. The number of fused-ring (bicyclic) bond motifs is 1. The Balaban J connectivity index is 1.10. The summed E-state index contributed by atoms with van der Waals surface area (Å²) in [7, 11) is 3.93. The summed E-state index contributed by atoms with van der Waals surface area (Å²) >= 11 is 0. The standard InChI is InChI=1S/C33H35F3N6O3/c1-42(2)30-27-9-5-6-10-28(27)40-32(41-30)39-24-13-11-21(12-14-24)20-37-29(43)19-22-7-3-4-8-26(22)31(44)38-23-15-17-25(18-16-23)45-33(34,35)36/h3-10,15-18,21,24H,11-14,19-20H2,1-2H3,(H,37,43)(H,38,44)(H,39,40,41). The van der Waals surface area contributed by atoms with Crippen LogP contribution in [0.15, 0.2) is 72.8 Å². The molecule has 0 spiro atoms. The predicted octanol–water partition coefficient (Wildman–Crippen LogP) is 6.18. The van der Waals surface area contributed by atoms with Crippen molar-refractivity contribution < 1.29 is 27.5 Å². The Bertz CT molecular complexity index is 1640. The molecule has 4 aromatic rings. The Morgan fingerprint density at radius 3 is 2.31 bits per heavy atom. The molecule has 5 rings (SSSR count). The van der Waals surface area contributed by atoms with Crippen molar-refractivity contribution in [3.8, 4) is 5.75 Å². The molecule has 0 atom stereocenters. The SMILES string of the molecule is CN(C)c1nc(NC2CCC(CNC(=O)Cc3ccccc3C(=O)Nc3ccc(OC(F)(F)F)cc3)CC2)nc2ccccc12. The van der Waals surface area contributed by atoms with E-state index in [-0.39, 0.29) is 24.1 Å². The molecule has 9 nitrogen and oxygen atoms in total. The van der Waals surface area contributed by atoms with Crippen molar-refractivity contribution in [3.63, 3.8) is 0 Å². The number of rotatable bonds is 10. The van der Waals surface area contributed by atoms with E-state index in [2.05, 4.69) is 20.7 Å². The topological polar surface area (TPSA) is 108 Å². The first kappa shape index (κ1) is 31.6. The van der Waals surface area contributed by atoms with Crippen LogP contribution >= 0.6 is 0 Å². The minimum absolute atomic E-state index is 0.0202. The number of amides is 2. The molecule has 1 aromatic heterocycles. The van der Waals surface area contributed by atoms with Crippen molar-refractivity contribution in [1.29, 1.82) is 0 Å². The lowest BCUT2D eigenvalue weighted by Gasteiger charge is -2.29. The van der Waals surface area contributed by atoms with E-state index in [1.165, 1.54) is 12.1 Å². The van der Waals surface area contributed by atoms with Gasteiger partial charge in [0.2, 0.25) is 11.9 Å². The van der Waals surface area contributed by atoms with Gasteiger partial charge in [-0.3, -0.25) is 9.59 Å². The average molecular weight is 621 g/mol. The van der Waals surface area contributed by atoms with Crippen molar-refractivity contribution in [2.24, 2.45) is 5.92 Å². The van der Waals surface area contributed by atoms with Gasteiger partial charge in [-0.25, -0.2) is 4.98 Å². The van der Waals surface area contributed by atoms with E-state index in [0.717, 1.165) is 54.5 Å². The number of nitrogens with zero attached hydrogens (tertiary/aromatic N) is 3. The first-order chi connectivity index (χ1) is 21.5. The van der Waals surface area contributed by atoms with Crippen LogP contribution in [0.4, 0.5) is 30.6 Å². The number of carbonyl (C=O) groups excluding carboxylic acids is 2. The lowest BCUT2D eigenvalue weighted by Crippen LogP contribution is -2.35. The van der Waals surface area contributed by atoms with Gasteiger partial charge in [-0.2, -0.15) is 4.98 Å². The van der Waals surface area contributed by atoms with E-state index < -0.39 is 12.3 Å². The number of anilines is 3. The number of hydrogen-bond acceptors (Lipinski definition) is 7. The van der Waals surface area contributed by atoms with Crippen LogP contribution in [-0.2, 0) is 11.2 Å². The molecule has 0 saturated heterocycles. The molecule has 0 unspecified atom stereocenters. The molecule has 3 N–H and O–H groups in total. The Hall–Kier alpha value is -4.87. The quantitative estimate of drug-likeness (QED) is 0.194. The van der Waals surface area contributed by atoms with Gasteiger partial charge < -0.3 is 25.6 Å². The number of hydrogen-bond donors (Lipinski definition) is 3. The van der Waals surface area contributed by atoms with Crippen molar-refractivity contribution in [2.45, 2.75) is 44.5 Å². The van der Waals surface area contributed by atoms with Gasteiger partial charge in [-0.1, -0.05) is 30.3 Å². The van der Waals surface area contributed by atoms with E-state index >= 15 is 0 Å². The van der Waals surface area contributed by atoms with Gasteiger partial charge in [0, 0.05) is 43.3 Å². The highest BCUT2D eigenvalue weighted by Crippen LogP contribution is 2.29. The van der Waals surface area contributed by atoms with E-state index in [0.29, 0.717) is 35.2 Å². The van der Waals surface area contributed by atoms with Crippen molar-refractivity contribution in [3.05, 3.63) is 83.9 Å². The van der Waals surface area contributed by atoms with Gasteiger partial charge in [0.15, 0.2) is 0 Å². The number of benzene rings is 3. The molecule has 1 heterocycles. The molecular formula is C33H35F3N6O3.